The van der Waals surface area contributed by atoms with Crippen LogP contribution in [0.2, 0.25) is 0 Å². The summed E-state index contributed by atoms with van der Waals surface area (Å²) in [5.74, 6) is 0.0433. The van der Waals surface area contributed by atoms with Crippen molar-refractivity contribution >= 4 is 5.97 Å². The molecule has 0 bridgehead atoms. The van der Waals surface area contributed by atoms with Crippen molar-refractivity contribution in [1.82, 2.24) is 0 Å². The Bertz CT molecular complexity index is 626. The van der Waals surface area contributed by atoms with Gasteiger partial charge in [-0.05, 0) is 30.3 Å². The Kier molecular flexibility index (Phi) is 5.30. The predicted molar refractivity (Wildman–Crippen MR) is 75.2 cm³/mol. The third-order valence-electron chi connectivity index (χ3n) is 2.87. The Balaban J connectivity index is 1.97. The molecule has 0 atom stereocenters. The van der Waals surface area contributed by atoms with Crippen LogP contribution in [-0.2, 0) is 11.3 Å². The van der Waals surface area contributed by atoms with E-state index in [1.54, 1.807) is 12.1 Å². The van der Waals surface area contributed by atoms with Gasteiger partial charge in [-0.3, -0.25) is 0 Å². The molecule has 0 aliphatic rings. The smallest absolute Gasteiger partial charge is 0.387 e. The van der Waals surface area contributed by atoms with E-state index in [1.165, 1.54) is 31.4 Å². The van der Waals surface area contributed by atoms with E-state index in [4.69, 9.17) is 9.47 Å². The van der Waals surface area contributed by atoms with Gasteiger partial charge in [-0.1, -0.05) is 18.2 Å². The molecule has 0 heterocycles. The average molecular weight is 308 g/mol. The molecule has 0 aliphatic carbocycles. The van der Waals surface area contributed by atoms with Crippen LogP contribution in [0.5, 0.6) is 11.5 Å². The fourth-order valence-electron chi connectivity index (χ4n) is 1.82. The summed E-state index contributed by atoms with van der Waals surface area (Å²) >= 11 is 0. The fraction of sp³-hybridized carbons (Fsp3) is 0.188. The van der Waals surface area contributed by atoms with Gasteiger partial charge in [0.15, 0.2) is 0 Å². The molecule has 0 spiro atoms. The maximum absolute atomic E-state index is 12.0. The molecule has 4 nitrogen and oxygen atoms in total. The first kappa shape index (κ1) is 15.8. The highest BCUT2D eigenvalue weighted by atomic mass is 19.3. The van der Waals surface area contributed by atoms with Crippen LogP contribution >= 0.6 is 0 Å². The number of methoxy groups -OCH3 is 1. The Morgan fingerprint density at radius 2 is 1.77 bits per heavy atom. The molecule has 116 valence electrons. The lowest BCUT2D eigenvalue weighted by Gasteiger charge is -2.09. The number of hydrogen-bond donors (Lipinski definition) is 0. The van der Waals surface area contributed by atoms with Crippen LogP contribution in [0.3, 0.4) is 0 Å². The monoisotopic (exact) mass is 308 g/mol. The Labute approximate surface area is 126 Å². The molecule has 6 heteroatoms. The highest BCUT2D eigenvalue weighted by Crippen LogP contribution is 2.19. The van der Waals surface area contributed by atoms with Gasteiger partial charge in [0.2, 0.25) is 0 Å². The van der Waals surface area contributed by atoms with E-state index in [2.05, 4.69) is 4.74 Å². The second-order valence-corrected chi connectivity index (χ2v) is 4.29. The van der Waals surface area contributed by atoms with Crippen LogP contribution in [0.1, 0.15) is 15.9 Å². The SMILES string of the molecule is COc1ccccc1COC(=O)c1ccc(OC(F)F)cc1. The van der Waals surface area contributed by atoms with Gasteiger partial charge in [-0.15, -0.1) is 0 Å². The zero-order valence-electron chi connectivity index (χ0n) is 11.8. The number of rotatable bonds is 6. The number of benzene rings is 2. The fourth-order valence-corrected chi connectivity index (χ4v) is 1.82. The molecule has 0 saturated heterocycles. The quantitative estimate of drug-likeness (QED) is 0.764. The zero-order valence-corrected chi connectivity index (χ0v) is 11.8. The average Bonchev–Trinajstić information content (AvgIpc) is 2.53. The standard InChI is InChI=1S/C16H14F2O4/c1-20-14-5-3-2-4-12(14)10-21-15(19)11-6-8-13(9-7-11)22-16(17)18/h2-9,16H,10H2,1H3. The Morgan fingerprint density at radius 3 is 2.41 bits per heavy atom. The topological polar surface area (TPSA) is 44.8 Å². The molecule has 22 heavy (non-hydrogen) atoms. The lowest BCUT2D eigenvalue weighted by molar-refractivity contribution is -0.0498. The maximum atomic E-state index is 12.0. The lowest BCUT2D eigenvalue weighted by Crippen LogP contribution is -2.06. The first-order valence-corrected chi connectivity index (χ1v) is 6.44. The first-order valence-electron chi connectivity index (χ1n) is 6.44. The van der Waals surface area contributed by atoms with Gasteiger partial charge < -0.3 is 14.2 Å². The zero-order chi connectivity index (χ0) is 15.9. The number of esters is 1. The van der Waals surface area contributed by atoms with E-state index in [0.29, 0.717) is 5.75 Å². The number of para-hydroxylation sites is 1. The van der Waals surface area contributed by atoms with Crippen LogP contribution in [0.15, 0.2) is 48.5 Å². The van der Waals surface area contributed by atoms with Crippen molar-refractivity contribution in [2.24, 2.45) is 0 Å². The van der Waals surface area contributed by atoms with E-state index in [1.807, 2.05) is 12.1 Å². The molecular formula is C16H14F2O4. The summed E-state index contributed by atoms with van der Waals surface area (Å²) in [6.45, 7) is -2.85. The maximum Gasteiger partial charge on any atom is 0.387 e. The highest BCUT2D eigenvalue weighted by Gasteiger charge is 2.10. The summed E-state index contributed by atoms with van der Waals surface area (Å²) in [6.07, 6.45) is 0. The second kappa shape index (κ2) is 7.40. The molecule has 0 aliphatic heterocycles. The van der Waals surface area contributed by atoms with Crippen molar-refractivity contribution in [3.63, 3.8) is 0 Å². The van der Waals surface area contributed by atoms with E-state index >= 15 is 0 Å². The molecule has 0 radical (unpaired) electrons. The molecule has 0 unspecified atom stereocenters. The Morgan fingerprint density at radius 1 is 1.09 bits per heavy atom. The van der Waals surface area contributed by atoms with Gasteiger partial charge in [0.05, 0.1) is 12.7 Å². The van der Waals surface area contributed by atoms with Crippen LogP contribution in [0.4, 0.5) is 8.78 Å². The van der Waals surface area contributed by atoms with Crippen molar-refractivity contribution in [1.29, 1.82) is 0 Å². The largest absolute Gasteiger partial charge is 0.496 e. The minimum Gasteiger partial charge on any atom is -0.496 e. The molecule has 2 aromatic rings. The van der Waals surface area contributed by atoms with Crippen molar-refractivity contribution in [2.75, 3.05) is 7.11 Å². The van der Waals surface area contributed by atoms with Crippen LogP contribution < -0.4 is 9.47 Å². The van der Waals surface area contributed by atoms with E-state index in [0.717, 1.165) is 5.56 Å². The number of ether oxygens (including phenoxy) is 3. The lowest BCUT2D eigenvalue weighted by atomic mass is 10.2. The number of alkyl halides is 2. The van der Waals surface area contributed by atoms with Gasteiger partial charge >= 0.3 is 12.6 Å². The van der Waals surface area contributed by atoms with Gasteiger partial charge in [0.25, 0.3) is 0 Å². The number of hydrogen-bond acceptors (Lipinski definition) is 4. The number of carbonyl (C=O) groups is 1. The van der Waals surface area contributed by atoms with Crippen molar-refractivity contribution in [3.05, 3.63) is 59.7 Å². The van der Waals surface area contributed by atoms with Crippen molar-refractivity contribution < 1.29 is 27.8 Å². The Hall–Kier alpha value is -2.63. The molecule has 0 fully saturated rings. The molecule has 2 aromatic carbocycles. The molecule has 0 N–H and O–H groups in total. The van der Waals surface area contributed by atoms with E-state index < -0.39 is 12.6 Å². The van der Waals surface area contributed by atoms with Crippen molar-refractivity contribution in [2.45, 2.75) is 13.2 Å². The third kappa shape index (κ3) is 4.18. The summed E-state index contributed by atoms with van der Waals surface area (Å²) < 4.78 is 38.6. The summed E-state index contributed by atoms with van der Waals surface area (Å²) in [5, 5.41) is 0. The van der Waals surface area contributed by atoms with Gasteiger partial charge in [-0.25, -0.2) is 4.79 Å². The van der Waals surface area contributed by atoms with Gasteiger partial charge in [0, 0.05) is 5.56 Å². The molecule has 0 amide bonds. The number of halogens is 2. The van der Waals surface area contributed by atoms with E-state index in [-0.39, 0.29) is 17.9 Å². The molecule has 0 saturated carbocycles. The normalized spacial score (nSPS) is 10.4. The van der Waals surface area contributed by atoms with Crippen LogP contribution in [0.25, 0.3) is 0 Å². The highest BCUT2D eigenvalue weighted by molar-refractivity contribution is 5.89. The first-order chi connectivity index (χ1) is 10.6. The van der Waals surface area contributed by atoms with Crippen LogP contribution in [0, 0.1) is 0 Å². The van der Waals surface area contributed by atoms with Gasteiger partial charge in [0.1, 0.15) is 18.1 Å². The summed E-state index contributed by atoms with van der Waals surface area (Å²) in [6, 6.07) is 12.5. The minimum absolute atomic E-state index is 0.0173. The number of carbonyl (C=O) groups excluding carboxylic acids is 1. The summed E-state index contributed by atoms with van der Waals surface area (Å²) in [7, 11) is 1.53. The predicted octanol–water partition coefficient (Wildman–Crippen LogP) is 3.65. The second-order valence-electron chi connectivity index (χ2n) is 4.29. The summed E-state index contributed by atoms with van der Waals surface area (Å²) in [4.78, 5) is 11.9. The molecule has 2 rings (SSSR count). The minimum atomic E-state index is -2.90. The van der Waals surface area contributed by atoms with Gasteiger partial charge in [-0.2, -0.15) is 8.78 Å². The summed E-state index contributed by atoms with van der Waals surface area (Å²) in [5.41, 5.74) is 0.979. The van der Waals surface area contributed by atoms with E-state index in [9.17, 15) is 13.6 Å². The molecule has 0 aromatic heterocycles. The molecular weight excluding hydrogens is 294 g/mol. The van der Waals surface area contributed by atoms with Crippen LogP contribution in [-0.4, -0.2) is 19.7 Å². The third-order valence-corrected chi connectivity index (χ3v) is 2.87. The van der Waals surface area contributed by atoms with Crippen molar-refractivity contribution in [3.8, 4) is 11.5 Å².